The Kier molecular flexibility index (Phi) is 6.26. The molecule has 0 aliphatic carbocycles. The zero-order chi connectivity index (χ0) is 15.3. The molecule has 1 aromatic heterocycles. The topological polar surface area (TPSA) is 39.2 Å². The van der Waals surface area contributed by atoms with E-state index in [4.69, 9.17) is 4.74 Å². The second-order valence-electron chi connectivity index (χ2n) is 5.05. The number of aromatic nitrogens is 1. The second-order valence-corrected chi connectivity index (χ2v) is 6.13. The number of aryl methyl sites for hydroxylation is 1. The van der Waals surface area contributed by atoms with Crippen LogP contribution in [0.15, 0.2) is 11.7 Å². The van der Waals surface area contributed by atoms with E-state index < -0.39 is 12.0 Å². The van der Waals surface area contributed by atoms with Crippen LogP contribution in [-0.4, -0.2) is 17.6 Å². The van der Waals surface area contributed by atoms with E-state index in [-0.39, 0.29) is 18.6 Å². The van der Waals surface area contributed by atoms with E-state index >= 15 is 0 Å². The summed E-state index contributed by atoms with van der Waals surface area (Å²) >= 11 is 1.32. The van der Waals surface area contributed by atoms with E-state index in [1.807, 2.05) is 0 Å². The van der Waals surface area contributed by atoms with E-state index in [1.54, 1.807) is 6.92 Å². The number of rotatable bonds is 6. The molecular formula is C14H19F2NO2S. The molecule has 0 aliphatic heterocycles. The maximum Gasteiger partial charge on any atom is 0.350 e. The summed E-state index contributed by atoms with van der Waals surface area (Å²) < 4.78 is 29.4. The van der Waals surface area contributed by atoms with Crippen molar-refractivity contribution < 1.29 is 18.3 Å². The smallest absolute Gasteiger partial charge is 0.350 e. The van der Waals surface area contributed by atoms with Crippen LogP contribution in [0.2, 0.25) is 0 Å². The Morgan fingerprint density at radius 2 is 2.05 bits per heavy atom. The number of ether oxygens (including phenoxy) is 1. The third-order valence-electron chi connectivity index (χ3n) is 2.64. The van der Waals surface area contributed by atoms with Gasteiger partial charge in [0, 0.05) is 12.8 Å². The second kappa shape index (κ2) is 7.47. The van der Waals surface area contributed by atoms with Gasteiger partial charge in [0.15, 0.2) is 0 Å². The van der Waals surface area contributed by atoms with Crippen molar-refractivity contribution in [1.82, 2.24) is 4.98 Å². The highest BCUT2D eigenvalue weighted by Crippen LogP contribution is 2.22. The summed E-state index contributed by atoms with van der Waals surface area (Å²) in [6, 6.07) is 0. The Bertz CT molecular complexity index is 505. The van der Waals surface area contributed by atoms with Crippen molar-refractivity contribution in [3.05, 3.63) is 27.2 Å². The summed E-state index contributed by atoms with van der Waals surface area (Å²) in [5.41, 5.74) is 0.582. The van der Waals surface area contributed by atoms with Crippen LogP contribution in [0, 0.1) is 12.8 Å². The van der Waals surface area contributed by atoms with Gasteiger partial charge in [0.25, 0.3) is 6.08 Å². The minimum absolute atomic E-state index is 0.0428. The summed E-state index contributed by atoms with van der Waals surface area (Å²) in [6.07, 6.45) is -0.854. The molecular weight excluding hydrogens is 284 g/mol. The zero-order valence-corrected chi connectivity index (χ0v) is 12.9. The van der Waals surface area contributed by atoms with Gasteiger partial charge in [0.2, 0.25) is 0 Å². The lowest BCUT2D eigenvalue weighted by Crippen LogP contribution is -2.06. The Morgan fingerprint density at radius 1 is 1.40 bits per heavy atom. The molecule has 6 heteroatoms. The van der Waals surface area contributed by atoms with Crippen LogP contribution < -0.4 is 0 Å². The predicted octanol–water partition coefficient (Wildman–Crippen LogP) is 4.37. The lowest BCUT2D eigenvalue weighted by molar-refractivity contribution is 0.0512. The van der Waals surface area contributed by atoms with Crippen molar-refractivity contribution in [3.63, 3.8) is 0 Å². The first-order valence-electron chi connectivity index (χ1n) is 6.45. The fourth-order valence-electron chi connectivity index (χ4n) is 1.54. The van der Waals surface area contributed by atoms with Gasteiger partial charge in [0.1, 0.15) is 4.88 Å². The first-order chi connectivity index (χ1) is 9.31. The van der Waals surface area contributed by atoms with E-state index in [0.29, 0.717) is 16.5 Å². The van der Waals surface area contributed by atoms with Crippen LogP contribution in [0.25, 0.3) is 0 Å². The Labute approximate surface area is 121 Å². The van der Waals surface area contributed by atoms with E-state index in [1.165, 1.54) is 18.3 Å². The van der Waals surface area contributed by atoms with Crippen molar-refractivity contribution in [3.8, 4) is 0 Å². The average molecular weight is 303 g/mol. The number of halogens is 2. The first kappa shape index (κ1) is 16.8. The highest BCUT2D eigenvalue weighted by molar-refractivity contribution is 7.13. The van der Waals surface area contributed by atoms with Crippen LogP contribution in [0.4, 0.5) is 8.78 Å². The lowest BCUT2D eigenvalue weighted by atomic mass is 10.1. The third-order valence-corrected chi connectivity index (χ3v) is 3.80. The van der Waals surface area contributed by atoms with Gasteiger partial charge in [-0.05, 0) is 25.3 Å². The molecule has 0 aromatic carbocycles. The molecule has 3 nitrogen and oxygen atoms in total. The number of nitrogens with zero attached hydrogens (tertiary/aromatic N) is 1. The lowest BCUT2D eigenvalue weighted by Gasteiger charge is -2.03. The predicted molar refractivity (Wildman–Crippen MR) is 75.2 cm³/mol. The molecule has 0 fully saturated rings. The minimum Gasteiger partial charge on any atom is -0.461 e. The Hall–Kier alpha value is -1.30. The van der Waals surface area contributed by atoms with Crippen LogP contribution in [-0.2, 0) is 11.2 Å². The third kappa shape index (κ3) is 5.00. The van der Waals surface area contributed by atoms with Crippen molar-refractivity contribution in [2.75, 3.05) is 6.61 Å². The molecule has 0 unspecified atom stereocenters. The van der Waals surface area contributed by atoms with Crippen LogP contribution >= 0.6 is 11.3 Å². The number of carbonyl (C=O) groups is 1. The number of esters is 1. The highest BCUT2D eigenvalue weighted by Gasteiger charge is 2.17. The highest BCUT2D eigenvalue weighted by atomic mass is 32.1. The Morgan fingerprint density at radius 3 is 2.60 bits per heavy atom. The van der Waals surface area contributed by atoms with E-state index in [9.17, 15) is 13.6 Å². The average Bonchev–Trinajstić information content (AvgIpc) is 2.68. The summed E-state index contributed by atoms with van der Waals surface area (Å²) in [5.74, 6) is -0.0215. The number of carbonyl (C=O) groups excluding carboxylic acids is 1. The quantitative estimate of drug-likeness (QED) is 0.733. The van der Waals surface area contributed by atoms with Crippen LogP contribution in [0.5, 0.6) is 0 Å². The van der Waals surface area contributed by atoms with Crippen LogP contribution in [0.3, 0.4) is 0 Å². The fourth-order valence-corrected chi connectivity index (χ4v) is 2.71. The van der Waals surface area contributed by atoms with Crippen molar-refractivity contribution in [1.29, 1.82) is 0 Å². The van der Waals surface area contributed by atoms with Gasteiger partial charge in [-0.15, -0.1) is 11.3 Å². The maximum atomic E-state index is 12.2. The molecule has 1 aromatic rings. The maximum absolute atomic E-state index is 12.2. The normalized spacial score (nSPS) is 10.8. The number of thiazole rings is 1. The molecule has 20 heavy (non-hydrogen) atoms. The van der Waals surface area contributed by atoms with Gasteiger partial charge in [-0.1, -0.05) is 13.8 Å². The molecule has 0 bridgehead atoms. The van der Waals surface area contributed by atoms with Gasteiger partial charge >= 0.3 is 5.97 Å². The minimum atomic E-state index is -1.71. The standard InChI is InChI=1S/C14H19F2NO2S/c1-8(2)7-11-17-10(4)12(20-11)14(18)19-6-5-9(3)13(15)16/h8H,5-7H2,1-4H3. The summed E-state index contributed by atoms with van der Waals surface area (Å²) in [4.78, 5) is 16.7. The van der Waals surface area contributed by atoms with Gasteiger partial charge < -0.3 is 4.74 Å². The first-order valence-corrected chi connectivity index (χ1v) is 7.27. The summed E-state index contributed by atoms with van der Waals surface area (Å²) in [6.45, 7) is 7.19. The molecule has 1 heterocycles. The van der Waals surface area contributed by atoms with Crippen LogP contribution in [0.1, 0.15) is 47.6 Å². The van der Waals surface area contributed by atoms with E-state index in [0.717, 1.165) is 11.4 Å². The molecule has 0 spiro atoms. The van der Waals surface area contributed by atoms with Crippen molar-refractivity contribution in [2.24, 2.45) is 5.92 Å². The van der Waals surface area contributed by atoms with Crippen molar-refractivity contribution in [2.45, 2.75) is 40.5 Å². The number of hydrogen-bond acceptors (Lipinski definition) is 4. The Balaban J connectivity index is 2.60. The summed E-state index contributed by atoms with van der Waals surface area (Å²) in [5, 5.41) is 0.898. The van der Waals surface area contributed by atoms with Gasteiger partial charge in [-0.3, -0.25) is 0 Å². The molecule has 0 saturated heterocycles. The van der Waals surface area contributed by atoms with Gasteiger partial charge in [0.05, 0.1) is 17.3 Å². The monoisotopic (exact) mass is 303 g/mol. The molecule has 112 valence electrons. The SMILES string of the molecule is CC(CCOC(=O)c1sc(CC(C)C)nc1C)=C(F)F. The molecule has 0 aliphatic rings. The molecule has 0 amide bonds. The summed E-state index contributed by atoms with van der Waals surface area (Å²) in [7, 11) is 0. The van der Waals surface area contributed by atoms with E-state index in [2.05, 4.69) is 18.8 Å². The molecule has 0 saturated carbocycles. The molecule has 0 N–H and O–H groups in total. The van der Waals surface area contributed by atoms with Crippen molar-refractivity contribution >= 4 is 17.3 Å². The zero-order valence-electron chi connectivity index (χ0n) is 12.1. The molecule has 0 atom stereocenters. The molecule has 1 rings (SSSR count). The van der Waals surface area contributed by atoms with Gasteiger partial charge in [-0.2, -0.15) is 8.78 Å². The number of hydrogen-bond donors (Lipinski definition) is 0. The fraction of sp³-hybridized carbons (Fsp3) is 0.571. The molecule has 0 radical (unpaired) electrons. The largest absolute Gasteiger partial charge is 0.461 e. The van der Waals surface area contributed by atoms with Gasteiger partial charge in [-0.25, -0.2) is 9.78 Å².